The zero-order valence-corrected chi connectivity index (χ0v) is 12.6. The number of ether oxygens (including phenoxy) is 1. The lowest BCUT2D eigenvalue weighted by Crippen LogP contribution is -1.85. The summed E-state index contributed by atoms with van der Waals surface area (Å²) in [7, 11) is 0. The Labute approximate surface area is 131 Å². The van der Waals surface area contributed by atoms with Gasteiger partial charge < -0.3 is 4.74 Å². The van der Waals surface area contributed by atoms with E-state index in [4.69, 9.17) is 51.1 Å². The summed E-state index contributed by atoms with van der Waals surface area (Å²) in [5, 5.41) is 2.14. The molecule has 5 heteroatoms. The maximum Gasteiger partial charge on any atom is 0.114 e. The van der Waals surface area contributed by atoms with Gasteiger partial charge in [0.1, 0.15) is 12.2 Å². The average Bonchev–Trinajstić information content (AvgIpc) is 3.16. The van der Waals surface area contributed by atoms with E-state index in [2.05, 4.69) is 0 Å². The van der Waals surface area contributed by atoms with E-state index in [1.165, 1.54) is 0 Å². The Bertz CT molecular complexity index is 586. The number of epoxide rings is 1. The first-order valence-corrected chi connectivity index (χ1v) is 7.13. The Kier molecular flexibility index (Phi) is 3.67. The molecular weight excluding hydrogens is 326 g/mol. The molecule has 0 radical (unpaired) electrons. The molecule has 3 rings (SSSR count). The average molecular weight is 334 g/mol. The van der Waals surface area contributed by atoms with Crippen molar-refractivity contribution in [3.05, 3.63) is 67.6 Å². The van der Waals surface area contributed by atoms with E-state index < -0.39 is 0 Å². The minimum absolute atomic E-state index is 0.00740. The predicted molar refractivity (Wildman–Crippen MR) is 79.5 cm³/mol. The molecule has 1 saturated heterocycles. The van der Waals surface area contributed by atoms with Gasteiger partial charge in [0.25, 0.3) is 0 Å². The molecule has 0 saturated carbocycles. The monoisotopic (exact) mass is 332 g/mol. The zero-order chi connectivity index (χ0) is 13.6. The Morgan fingerprint density at radius 1 is 0.632 bits per heavy atom. The number of rotatable bonds is 2. The first-order valence-electron chi connectivity index (χ1n) is 5.61. The highest BCUT2D eigenvalue weighted by Gasteiger charge is 2.41. The molecule has 0 aromatic heterocycles. The lowest BCUT2D eigenvalue weighted by molar-refractivity contribution is 0.377. The molecule has 0 amide bonds. The van der Waals surface area contributed by atoms with Gasteiger partial charge in [0.05, 0.1) is 20.1 Å². The molecule has 1 nitrogen and oxygen atoms in total. The van der Waals surface area contributed by atoms with E-state index in [0.717, 1.165) is 11.1 Å². The van der Waals surface area contributed by atoms with E-state index in [9.17, 15) is 0 Å². The van der Waals surface area contributed by atoms with Gasteiger partial charge in [-0.05, 0) is 35.4 Å². The molecule has 0 bridgehead atoms. The fourth-order valence-corrected chi connectivity index (χ4v) is 2.61. The molecule has 0 aliphatic carbocycles. The van der Waals surface area contributed by atoms with Gasteiger partial charge in [-0.15, -0.1) is 0 Å². The van der Waals surface area contributed by atoms with Crippen molar-refractivity contribution in [2.75, 3.05) is 0 Å². The zero-order valence-electron chi connectivity index (χ0n) is 9.54. The van der Waals surface area contributed by atoms with Gasteiger partial charge in [-0.25, -0.2) is 0 Å². The molecule has 2 aromatic carbocycles. The van der Waals surface area contributed by atoms with Gasteiger partial charge in [0.2, 0.25) is 0 Å². The van der Waals surface area contributed by atoms with Crippen LogP contribution in [0.15, 0.2) is 36.4 Å². The van der Waals surface area contributed by atoms with Crippen molar-refractivity contribution in [2.24, 2.45) is 0 Å². The molecule has 98 valence electrons. The quantitative estimate of drug-likeness (QED) is 0.604. The van der Waals surface area contributed by atoms with E-state index in [0.29, 0.717) is 20.1 Å². The third-order valence-electron chi connectivity index (χ3n) is 3.04. The van der Waals surface area contributed by atoms with Crippen LogP contribution in [0.3, 0.4) is 0 Å². The third-order valence-corrected chi connectivity index (χ3v) is 4.51. The van der Waals surface area contributed by atoms with Crippen LogP contribution in [0.4, 0.5) is 0 Å². The summed E-state index contributed by atoms with van der Waals surface area (Å²) >= 11 is 23.8. The number of hydrogen-bond acceptors (Lipinski definition) is 1. The van der Waals surface area contributed by atoms with Crippen LogP contribution in [0.5, 0.6) is 0 Å². The standard InChI is InChI=1S/C14H8Cl4O/c15-9-3-1-7(5-11(9)17)13-14(19-13)8-2-4-10(16)12(18)6-8/h1-6,13-14H/t13-,14-/m1/s1. The Balaban J connectivity index is 1.83. The summed E-state index contributed by atoms with van der Waals surface area (Å²) in [4.78, 5) is 0. The smallest absolute Gasteiger partial charge is 0.114 e. The normalized spacial score (nSPS) is 21.5. The summed E-state index contributed by atoms with van der Waals surface area (Å²) in [6.07, 6.45) is -0.0148. The highest BCUT2D eigenvalue weighted by molar-refractivity contribution is 6.42. The second-order valence-electron chi connectivity index (χ2n) is 4.32. The molecule has 19 heavy (non-hydrogen) atoms. The van der Waals surface area contributed by atoms with Crippen molar-refractivity contribution < 1.29 is 4.74 Å². The Morgan fingerprint density at radius 2 is 1.05 bits per heavy atom. The number of halogens is 4. The van der Waals surface area contributed by atoms with Crippen LogP contribution in [0.1, 0.15) is 23.3 Å². The third kappa shape index (κ3) is 2.72. The fourth-order valence-electron chi connectivity index (χ4n) is 2.00. The number of benzene rings is 2. The van der Waals surface area contributed by atoms with Gasteiger partial charge in [-0.1, -0.05) is 58.5 Å². The van der Waals surface area contributed by atoms with Crippen LogP contribution in [0.2, 0.25) is 20.1 Å². The first kappa shape index (κ1) is 13.5. The lowest BCUT2D eigenvalue weighted by atomic mass is 10.0. The van der Waals surface area contributed by atoms with E-state index in [1.54, 1.807) is 12.1 Å². The molecule has 1 aliphatic rings. The minimum Gasteiger partial charge on any atom is -0.359 e. The number of hydrogen-bond donors (Lipinski definition) is 0. The van der Waals surface area contributed by atoms with Crippen molar-refractivity contribution in [2.45, 2.75) is 12.2 Å². The summed E-state index contributed by atoms with van der Waals surface area (Å²) in [6.45, 7) is 0. The maximum atomic E-state index is 6.00. The second kappa shape index (κ2) is 5.16. The van der Waals surface area contributed by atoms with Crippen LogP contribution in [0, 0.1) is 0 Å². The van der Waals surface area contributed by atoms with Gasteiger partial charge in [-0.3, -0.25) is 0 Å². The largest absolute Gasteiger partial charge is 0.359 e. The molecule has 1 aliphatic heterocycles. The van der Waals surface area contributed by atoms with Crippen LogP contribution in [0.25, 0.3) is 0 Å². The highest BCUT2D eigenvalue weighted by atomic mass is 35.5. The summed E-state index contributed by atoms with van der Waals surface area (Å²) in [5.41, 5.74) is 2.01. The Morgan fingerprint density at radius 3 is 1.42 bits per heavy atom. The molecule has 2 aromatic rings. The molecule has 0 unspecified atom stereocenters. The molecule has 0 spiro atoms. The lowest BCUT2D eigenvalue weighted by Gasteiger charge is -2.01. The van der Waals surface area contributed by atoms with E-state index in [1.807, 2.05) is 24.3 Å². The summed E-state index contributed by atoms with van der Waals surface area (Å²) < 4.78 is 5.68. The van der Waals surface area contributed by atoms with E-state index >= 15 is 0 Å². The molecule has 0 N–H and O–H groups in total. The van der Waals surface area contributed by atoms with Gasteiger partial charge >= 0.3 is 0 Å². The van der Waals surface area contributed by atoms with Crippen molar-refractivity contribution in [3.8, 4) is 0 Å². The first-order chi connectivity index (χ1) is 9.06. The molecule has 1 fully saturated rings. The summed E-state index contributed by atoms with van der Waals surface area (Å²) in [6, 6.07) is 11.0. The topological polar surface area (TPSA) is 12.5 Å². The van der Waals surface area contributed by atoms with Crippen LogP contribution >= 0.6 is 46.4 Å². The van der Waals surface area contributed by atoms with Crippen molar-refractivity contribution >= 4 is 46.4 Å². The molecular formula is C14H8Cl4O. The molecule has 1 heterocycles. The molecule has 2 atom stereocenters. The predicted octanol–water partition coefficient (Wildman–Crippen LogP) is 6.11. The van der Waals surface area contributed by atoms with Crippen molar-refractivity contribution in [3.63, 3.8) is 0 Å². The summed E-state index contributed by atoms with van der Waals surface area (Å²) in [5.74, 6) is 0. The highest BCUT2D eigenvalue weighted by Crippen LogP contribution is 2.52. The van der Waals surface area contributed by atoms with Gasteiger partial charge in [-0.2, -0.15) is 0 Å². The van der Waals surface area contributed by atoms with Gasteiger partial charge in [0.15, 0.2) is 0 Å². The van der Waals surface area contributed by atoms with E-state index in [-0.39, 0.29) is 12.2 Å². The SMILES string of the molecule is Clc1ccc([C@H]2O[C@@H]2c2ccc(Cl)c(Cl)c2)cc1Cl. The van der Waals surface area contributed by atoms with Crippen molar-refractivity contribution in [1.82, 2.24) is 0 Å². The van der Waals surface area contributed by atoms with Crippen LogP contribution in [-0.4, -0.2) is 0 Å². The maximum absolute atomic E-state index is 6.00. The second-order valence-corrected chi connectivity index (χ2v) is 5.95. The van der Waals surface area contributed by atoms with Crippen molar-refractivity contribution in [1.29, 1.82) is 0 Å². The van der Waals surface area contributed by atoms with Crippen LogP contribution in [-0.2, 0) is 4.74 Å². The minimum atomic E-state index is -0.00740. The fraction of sp³-hybridized carbons (Fsp3) is 0.143. The van der Waals surface area contributed by atoms with Gasteiger partial charge in [0, 0.05) is 0 Å². The Hall–Kier alpha value is -0.440. The van der Waals surface area contributed by atoms with Crippen LogP contribution < -0.4 is 0 Å².